The Balaban J connectivity index is 1.76. The highest BCUT2D eigenvalue weighted by Gasteiger charge is 2.60. The van der Waals surface area contributed by atoms with E-state index in [1.54, 1.807) is 0 Å². The molecule has 3 aliphatic rings. The maximum absolute atomic E-state index is 13.2. The molecule has 1 unspecified atom stereocenters. The molecule has 1 saturated heterocycles. The molecular weight excluding hydrogens is 387 g/mol. The summed E-state index contributed by atoms with van der Waals surface area (Å²) in [6, 6.07) is 3.88. The Kier molecular flexibility index (Phi) is 3.58. The molecule has 1 aromatic rings. The van der Waals surface area contributed by atoms with Crippen molar-refractivity contribution < 1.29 is 22.7 Å². The number of methoxy groups -OCH3 is 1. The summed E-state index contributed by atoms with van der Waals surface area (Å²) in [4.78, 5) is 14.3. The monoisotopic (exact) mass is 401 g/mol. The average molecular weight is 402 g/mol. The summed E-state index contributed by atoms with van der Waals surface area (Å²) >= 11 is 2.94. The summed E-state index contributed by atoms with van der Waals surface area (Å²) in [5.41, 5.74) is -0.558. The largest absolute Gasteiger partial charge is 0.417 e. The van der Waals surface area contributed by atoms with Crippen molar-refractivity contribution in [3.63, 3.8) is 0 Å². The molecule has 24 heavy (non-hydrogen) atoms. The number of fused-ring (bicyclic) bond motifs is 5. The van der Waals surface area contributed by atoms with Crippen molar-refractivity contribution in [2.24, 2.45) is 23.7 Å². The van der Waals surface area contributed by atoms with Crippen molar-refractivity contribution in [1.82, 2.24) is 0 Å². The van der Waals surface area contributed by atoms with Crippen LogP contribution in [0, 0.1) is 23.7 Å². The van der Waals surface area contributed by atoms with Gasteiger partial charge in [0.1, 0.15) is 6.23 Å². The Bertz CT molecular complexity index is 733. The molecule has 0 N–H and O–H groups in total. The van der Waals surface area contributed by atoms with Crippen molar-refractivity contribution in [3.05, 3.63) is 40.4 Å². The predicted octanol–water partition coefficient (Wildman–Crippen LogP) is 4.23. The first-order valence-corrected chi connectivity index (χ1v) is 8.53. The van der Waals surface area contributed by atoms with Gasteiger partial charge < -0.3 is 4.74 Å². The van der Waals surface area contributed by atoms with Gasteiger partial charge in [0, 0.05) is 23.2 Å². The SMILES string of the molecule is COC1[C@@H]2[C@H](C(=O)N1c1ccc(Br)c(C(F)(F)F)c1)[C@@H]1C=C[C@H]2C1. The maximum atomic E-state index is 13.2. The Morgan fingerprint density at radius 1 is 1.25 bits per heavy atom. The fourth-order valence-corrected chi connectivity index (χ4v) is 4.94. The number of carbonyl (C=O) groups excluding carboxylic acids is 1. The molecule has 2 aliphatic carbocycles. The highest BCUT2D eigenvalue weighted by molar-refractivity contribution is 9.10. The second kappa shape index (κ2) is 5.33. The predicted molar refractivity (Wildman–Crippen MR) is 85.1 cm³/mol. The number of halogens is 4. The van der Waals surface area contributed by atoms with Gasteiger partial charge in [0.2, 0.25) is 5.91 Å². The third kappa shape index (κ3) is 2.17. The van der Waals surface area contributed by atoms with Gasteiger partial charge in [-0.25, -0.2) is 0 Å². The number of alkyl halides is 3. The molecule has 2 fully saturated rings. The molecule has 5 atom stereocenters. The zero-order chi connectivity index (χ0) is 17.2. The lowest BCUT2D eigenvalue weighted by molar-refractivity contribution is -0.138. The number of hydrogen-bond donors (Lipinski definition) is 0. The Labute approximate surface area is 145 Å². The lowest BCUT2D eigenvalue weighted by Gasteiger charge is -2.29. The maximum Gasteiger partial charge on any atom is 0.417 e. The lowest BCUT2D eigenvalue weighted by atomic mass is 9.85. The van der Waals surface area contributed by atoms with Crippen LogP contribution in [0.4, 0.5) is 18.9 Å². The smallest absolute Gasteiger partial charge is 0.361 e. The second-order valence-corrected chi connectivity index (χ2v) is 7.40. The molecule has 3 nitrogen and oxygen atoms in total. The van der Waals surface area contributed by atoms with Crippen molar-refractivity contribution in [2.45, 2.75) is 18.8 Å². The van der Waals surface area contributed by atoms with E-state index in [2.05, 4.69) is 28.1 Å². The number of benzene rings is 1. The van der Waals surface area contributed by atoms with Crippen LogP contribution in [0.15, 0.2) is 34.8 Å². The Hall–Kier alpha value is -1.34. The van der Waals surface area contributed by atoms with Gasteiger partial charge in [-0.05, 0) is 36.5 Å². The molecule has 2 bridgehead atoms. The first-order valence-electron chi connectivity index (χ1n) is 7.74. The lowest BCUT2D eigenvalue weighted by Crippen LogP contribution is -2.38. The average Bonchev–Trinajstić information content (AvgIpc) is 3.19. The van der Waals surface area contributed by atoms with Gasteiger partial charge in [-0.15, -0.1) is 0 Å². The number of anilines is 1. The first kappa shape index (κ1) is 16.1. The molecule has 1 aromatic carbocycles. The normalized spacial score (nSPS) is 34.3. The molecule has 1 saturated carbocycles. The number of amides is 1. The number of nitrogens with zero attached hydrogens (tertiary/aromatic N) is 1. The minimum Gasteiger partial charge on any atom is -0.361 e. The minimum atomic E-state index is -4.49. The van der Waals surface area contributed by atoms with E-state index in [0.717, 1.165) is 12.5 Å². The van der Waals surface area contributed by atoms with Crippen LogP contribution in [0.1, 0.15) is 12.0 Å². The molecule has 1 heterocycles. The topological polar surface area (TPSA) is 29.5 Å². The zero-order valence-electron chi connectivity index (χ0n) is 12.8. The summed E-state index contributed by atoms with van der Waals surface area (Å²) in [6.07, 6.45) is 0.0873. The highest BCUT2D eigenvalue weighted by atomic mass is 79.9. The number of carbonyl (C=O) groups is 1. The number of allylic oxidation sites excluding steroid dienone is 2. The summed E-state index contributed by atoms with van der Waals surface area (Å²) in [7, 11) is 1.51. The van der Waals surface area contributed by atoms with Gasteiger partial charge >= 0.3 is 6.18 Å². The molecule has 1 aliphatic heterocycles. The van der Waals surface area contributed by atoms with Crippen LogP contribution in [0.25, 0.3) is 0 Å². The van der Waals surface area contributed by atoms with Crippen molar-refractivity contribution >= 4 is 27.5 Å². The van der Waals surface area contributed by atoms with Gasteiger partial charge in [0.15, 0.2) is 0 Å². The molecule has 128 valence electrons. The van der Waals surface area contributed by atoms with Gasteiger partial charge in [0.25, 0.3) is 0 Å². The van der Waals surface area contributed by atoms with Gasteiger partial charge in [-0.3, -0.25) is 9.69 Å². The van der Waals surface area contributed by atoms with Crippen LogP contribution in [0.5, 0.6) is 0 Å². The number of ether oxygens (including phenoxy) is 1. The summed E-state index contributed by atoms with van der Waals surface area (Å²) in [5.74, 6) is 0.113. The fraction of sp³-hybridized carbons (Fsp3) is 0.471. The highest BCUT2D eigenvalue weighted by Crippen LogP contribution is 2.55. The molecule has 0 aromatic heterocycles. The van der Waals surface area contributed by atoms with E-state index in [1.165, 1.54) is 24.1 Å². The van der Waals surface area contributed by atoms with Crippen LogP contribution in [-0.2, 0) is 15.7 Å². The molecular formula is C17H15BrF3NO2. The first-order chi connectivity index (χ1) is 11.3. The van der Waals surface area contributed by atoms with Crippen molar-refractivity contribution in [3.8, 4) is 0 Å². The molecule has 7 heteroatoms. The quantitative estimate of drug-likeness (QED) is 0.694. The van der Waals surface area contributed by atoms with Crippen molar-refractivity contribution in [1.29, 1.82) is 0 Å². The summed E-state index contributed by atoms with van der Waals surface area (Å²) in [5, 5.41) is 0. The molecule has 4 rings (SSSR count). The fourth-order valence-electron chi connectivity index (χ4n) is 4.47. The van der Waals surface area contributed by atoms with Crippen LogP contribution >= 0.6 is 15.9 Å². The minimum absolute atomic E-state index is 0.00971. The van der Waals surface area contributed by atoms with Gasteiger partial charge in [-0.2, -0.15) is 13.2 Å². The number of rotatable bonds is 2. The van der Waals surface area contributed by atoms with Crippen LogP contribution in [0.3, 0.4) is 0 Å². The third-order valence-corrected chi connectivity index (χ3v) is 6.09. The molecule has 0 spiro atoms. The van der Waals surface area contributed by atoms with E-state index in [0.29, 0.717) is 0 Å². The van der Waals surface area contributed by atoms with Crippen LogP contribution in [-0.4, -0.2) is 19.2 Å². The van der Waals surface area contributed by atoms with E-state index in [4.69, 9.17) is 4.74 Å². The van der Waals surface area contributed by atoms with Crippen LogP contribution < -0.4 is 4.90 Å². The van der Waals surface area contributed by atoms with E-state index in [-0.39, 0.29) is 39.7 Å². The zero-order valence-corrected chi connectivity index (χ0v) is 14.3. The van der Waals surface area contributed by atoms with Gasteiger partial charge in [0.05, 0.1) is 11.5 Å². The standard InChI is InChI=1S/C17H15BrF3NO2/c1-24-16-14-9-3-2-8(6-9)13(14)15(23)22(16)10-4-5-12(18)11(7-10)17(19,20)21/h2-5,7-9,13-14,16H,6H2,1H3/t8-,9+,13-,14+,16?/m1/s1. The number of hydrogen-bond acceptors (Lipinski definition) is 2. The summed E-state index contributed by atoms with van der Waals surface area (Å²) in [6.45, 7) is 0. The Morgan fingerprint density at radius 2 is 1.96 bits per heavy atom. The van der Waals surface area contributed by atoms with Gasteiger partial charge in [-0.1, -0.05) is 28.1 Å². The Morgan fingerprint density at radius 3 is 2.62 bits per heavy atom. The second-order valence-electron chi connectivity index (χ2n) is 6.55. The van der Waals surface area contributed by atoms with E-state index in [9.17, 15) is 18.0 Å². The van der Waals surface area contributed by atoms with Crippen LogP contribution in [0.2, 0.25) is 0 Å². The third-order valence-electron chi connectivity index (χ3n) is 5.40. The van der Waals surface area contributed by atoms with Crippen molar-refractivity contribution in [2.75, 3.05) is 12.0 Å². The van der Waals surface area contributed by atoms with E-state index < -0.39 is 18.0 Å². The van der Waals surface area contributed by atoms with E-state index in [1.807, 2.05) is 0 Å². The van der Waals surface area contributed by atoms with E-state index >= 15 is 0 Å². The molecule has 0 radical (unpaired) electrons. The molecule has 1 amide bonds. The summed E-state index contributed by atoms with van der Waals surface area (Å²) < 4.78 is 45.1.